The van der Waals surface area contributed by atoms with Crippen LogP contribution in [0.4, 0.5) is 0 Å². The molecule has 0 radical (unpaired) electrons. The van der Waals surface area contributed by atoms with E-state index in [0.29, 0.717) is 6.61 Å². The third-order valence-electron chi connectivity index (χ3n) is 2.30. The van der Waals surface area contributed by atoms with Gasteiger partial charge in [-0.25, -0.2) is 0 Å². The zero-order valence-corrected chi connectivity index (χ0v) is 10.2. The van der Waals surface area contributed by atoms with Gasteiger partial charge >= 0.3 is 5.97 Å². The highest BCUT2D eigenvalue weighted by Crippen LogP contribution is 2.10. The van der Waals surface area contributed by atoms with Crippen LogP contribution in [-0.4, -0.2) is 30.6 Å². The zero-order valence-electron chi connectivity index (χ0n) is 9.40. The van der Waals surface area contributed by atoms with Crippen molar-refractivity contribution in [3.05, 3.63) is 22.4 Å². The maximum atomic E-state index is 11.5. The van der Waals surface area contributed by atoms with E-state index in [1.54, 1.807) is 11.3 Å². The van der Waals surface area contributed by atoms with Crippen molar-refractivity contribution in [2.75, 3.05) is 13.7 Å². The SMILES string of the molecule is CCOC(=O)C(C)N(C)Cc1ccsc1. The number of hydrogen-bond donors (Lipinski definition) is 0. The van der Waals surface area contributed by atoms with Gasteiger partial charge in [0.25, 0.3) is 0 Å². The highest BCUT2D eigenvalue weighted by molar-refractivity contribution is 7.07. The minimum atomic E-state index is -0.190. The summed E-state index contributed by atoms with van der Waals surface area (Å²) in [5, 5.41) is 4.13. The second kappa shape index (κ2) is 5.88. The summed E-state index contributed by atoms with van der Waals surface area (Å²) in [5.41, 5.74) is 1.23. The lowest BCUT2D eigenvalue weighted by Crippen LogP contribution is -2.36. The maximum absolute atomic E-state index is 11.5. The van der Waals surface area contributed by atoms with Crippen LogP contribution in [-0.2, 0) is 16.1 Å². The summed E-state index contributed by atoms with van der Waals surface area (Å²) < 4.78 is 4.97. The van der Waals surface area contributed by atoms with Crippen molar-refractivity contribution in [3.63, 3.8) is 0 Å². The fourth-order valence-corrected chi connectivity index (χ4v) is 1.91. The fourth-order valence-electron chi connectivity index (χ4n) is 1.25. The molecule has 84 valence electrons. The average Bonchev–Trinajstić information content (AvgIpc) is 2.69. The third-order valence-corrected chi connectivity index (χ3v) is 3.03. The molecule has 0 saturated heterocycles. The monoisotopic (exact) mass is 227 g/mol. The highest BCUT2D eigenvalue weighted by Gasteiger charge is 2.18. The van der Waals surface area contributed by atoms with Gasteiger partial charge in [-0.05, 0) is 43.3 Å². The first-order valence-corrected chi connectivity index (χ1v) is 5.97. The van der Waals surface area contributed by atoms with Gasteiger partial charge in [0.15, 0.2) is 0 Å². The molecular weight excluding hydrogens is 210 g/mol. The lowest BCUT2D eigenvalue weighted by Gasteiger charge is -2.22. The smallest absolute Gasteiger partial charge is 0.323 e. The number of esters is 1. The topological polar surface area (TPSA) is 29.5 Å². The zero-order chi connectivity index (χ0) is 11.3. The van der Waals surface area contributed by atoms with Crippen LogP contribution in [0.3, 0.4) is 0 Å². The lowest BCUT2D eigenvalue weighted by molar-refractivity contribution is -0.148. The fraction of sp³-hybridized carbons (Fsp3) is 0.545. The Balaban J connectivity index is 2.46. The molecule has 0 aliphatic rings. The first-order chi connectivity index (χ1) is 7.15. The molecule has 0 fully saturated rings. The van der Waals surface area contributed by atoms with Crippen molar-refractivity contribution in [1.29, 1.82) is 0 Å². The predicted octanol–water partition coefficient (Wildman–Crippen LogP) is 2.13. The van der Waals surface area contributed by atoms with Crippen molar-refractivity contribution < 1.29 is 9.53 Å². The van der Waals surface area contributed by atoms with Gasteiger partial charge in [-0.1, -0.05) is 0 Å². The normalized spacial score (nSPS) is 12.8. The lowest BCUT2D eigenvalue weighted by atomic mass is 10.2. The van der Waals surface area contributed by atoms with Gasteiger partial charge in [0.05, 0.1) is 6.61 Å². The molecule has 0 spiro atoms. The van der Waals surface area contributed by atoms with Gasteiger partial charge in [0.1, 0.15) is 6.04 Å². The second-order valence-electron chi connectivity index (χ2n) is 3.47. The van der Waals surface area contributed by atoms with Crippen LogP contribution < -0.4 is 0 Å². The van der Waals surface area contributed by atoms with Gasteiger partial charge in [-0.2, -0.15) is 11.3 Å². The van der Waals surface area contributed by atoms with Gasteiger partial charge < -0.3 is 4.74 Å². The van der Waals surface area contributed by atoms with E-state index in [9.17, 15) is 4.79 Å². The van der Waals surface area contributed by atoms with E-state index in [2.05, 4.69) is 11.4 Å². The second-order valence-corrected chi connectivity index (χ2v) is 4.25. The van der Waals surface area contributed by atoms with E-state index < -0.39 is 0 Å². The summed E-state index contributed by atoms with van der Waals surface area (Å²) >= 11 is 1.67. The molecule has 4 heteroatoms. The number of hydrogen-bond acceptors (Lipinski definition) is 4. The first-order valence-electron chi connectivity index (χ1n) is 5.03. The van der Waals surface area contributed by atoms with Crippen LogP contribution in [0.25, 0.3) is 0 Å². The van der Waals surface area contributed by atoms with Crippen LogP contribution >= 0.6 is 11.3 Å². The van der Waals surface area contributed by atoms with E-state index in [1.165, 1.54) is 5.56 Å². The third kappa shape index (κ3) is 3.64. The van der Waals surface area contributed by atoms with E-state index in [1.807, 2.05) is 31.2 Å². The molecule has 0 N–H and O–H groups in total. The Morgan fingerprint density at radius 1 is 1.67 bits per heavy atom. The van der Waals surface area contributed by atoms with Gasteiger partial charge in [-0.3, -0.25) is 9.69 Å². The molecule has 1 unspecified atom stereocenters. The van der Waals surface area contributed by atoms with Gasteiger partial charge in [0, 0.05) is 6.54 Å². The molecule has 0 aromatic carbocycles. The molecule has 1 aromatic rings. The van der Waals surface area contributed by atoms with Crippen LogP contribution in [0, 0.1) is 0 Å². The number of thiophene rings is 1. The Labute approximate surface area is 94.7 Å². The van der Waals surface area contributed by atoms with Crippen molar-refractivity contribution in [2.24, 2.45) is 0 Å². The Morgan fingerprint density at radius 2 is 2.40 bits per heavy atom. The van der Waals surface area contributed by atoms with E-state index in [0.717, 1.165) is 6.54 Å². The number of carbonyl (C=O) groups excluding carboxylic acids is 1. The predicted molar refractivity (Wildman–Crippen MR) is 61.9 cm³/mol. The Bertz CT molecular complexity index is 298. The molecule has 1 rings (SSSR count). The number of ether oxygens (including phenoxy) is 1. The summed E-state index contributed by atoms with van der Waals surface area (Å²) in [6.45, 7) is 4.91. The number of rotatable bonds is 5. The summed E-state index contributed by atoms with van der Waals surface area (Å²) in [4.78, 5) is 13.4. The Kier molecular flexibility index (Phi) is 4.78. The molecule has 15 heavy (non-hydrogen) atoms. The van der Waals surface area contributed by atoms with Crippen molar-refractivity contribution in [2.45, 2.75) is 26.4 Å². The summed E-state index contributed by atoms with van der Waals surface area (Å²) in [6.07, 6.45) is 0. The Hall–Kier alpha value is -0.870. The number of nitrogens with zero attached hydrogens (tertiary/aromatic N) is 1. The van der Waals surface area contributed by atoms with Crippen molar-refractivity contribution in [1.82, 2.24) is 4.90 Å². The van der Waals surface area contributed by atoms with Crippen LogP contribution in [0.15, 0.2) is 16.8 Å². The molecule has 0 aliphatic heterocycles. The largest absolute Gasteiger partial charge is 0.465 e. The maximum Gasteiger partial charge on any atom is 0.323 e. The summed E-state index contributed by atoms with van der Waals surface area (Å²) in [5.74, 6) is -0.157. The summed E-state index contributed by atoms with van der Waals surface area (Å²) in [6, 6.07) is 1.88. The summed E-state index contributed by atoms with van der Waals surface area (Å²) in [7, 11) is 1.93. The number of likely N-dealkylation sites (N-methyl/N-ethyl adjacent to an activating group) is 1. The van der Waals surface area contributed by atoms with Gasteiger partial charge in [-0.15, -0.1) is 0 Å². The average molecular weight is 227 g/mol. The van der Waals surface area contributed by atoms with E-state index in [4.69, 9.17) is 4.74 Å². The van der Waals surface area contributed by atoms with Crippen LogP contribution in [0.1, 0.15) is 19.4 Å². The van der Waals surface area contributed by atoms with Gasteiger partial charge in [0.2, 0.25) is 0 Å². The molecule has 3 nitrogen and oxygen atoms in total. The standard InChI is InChI=1S/C11H17NO2S/c1-4-14-11(13)9(2)12(3)7-10-5-6-15-8-10/h5-6,8-9H,4,7H2,1-3H3. The van der Waals surface area contributed by atoms with Crippen LogP contribution in [0.5, 0.6) is 0 Å². The quantitative estimate of drug-likeness (QED) is 0.722. The minimum Gasteiger partial charge on any atom is -0.465 e. The molecule has 0 saturated carbocycles. The number of carbonyl (C=O) groups is 1. The minimum absolute atomic E-state index is 0.157. The van der Waals surface area contributed by atoms with Crippen LogP contribution in [0.2, 0.25) is 0 Å². The van der Waals surface area contributed by atoms with Crippen molar-refractivity contribution >= 4 is 17.3 Å². The molecule has 0 amide bonds. The molecule has 1 heterocycles. The molecule has 0 aliphatic carbocycles. The first kappa shape index (κ1) is 12.2. The van der Waals surface area contributed by atoms with Crippen molar-refractivity contribution in [3.8, 4) is 0 Å². The molecule has 1 atom stereocenters. The van der Waals surface area contributed by atoms with E-state index in [-0.39, 0.29) is 12.0 Å². The molecular formula is C11H17NO2S. The highest BCUT2D eigenvalue weighted by atomic mass is 32.1. The molecule has 0 bridgehead atoms. The van der Waals surface area contributed by atoms with E-state index >= 15 is 0 Å². The Morgan fingerprint density at radius 3 is 2.93 bits per heavy atom. The molecule has 1 aromatic heterocycles.